The fourth-order valence-corrected chi connectivity index (χ4v) is 1.37. The summed E-state index contributed by atoms with van der Waals surface area (Å²) in [6.45, 7) is 3.40. The highest BCUT2D eigenvalue weighted by Crippen LogP contribution is 2.01. The van der Waals surface area contributed by atoms with Gasteiger partial charge in [-0.05, 0) is 25.8 Å². The number of nitrogens with two attached hydrogens (primary N) is 1. The average molecular weight is 295 g/mol. The third kappa shape index (κ3) is 10.3. The molecule has 0 fully saturated rings. The minimum atomic E-state index is -0.959. The Kier molecular flexibility index (Phi) is 9.45. The lowest BCUT2D eigenvalue weighted by molar-refractivity contribution is -0.145. The average Bonchev–Trinajstić information content (AvgIpc) is 2.39. The zero-order valence-corrected chi connectivity index (χ0v) is 12.2. The molecule has 3 N–H and O–H groups in total. The molecular weight excluding hydrogens is 274 g/mol. The van der Waals surface area contributed by atoms with E-state index in [2.05, 4.69) is 4.74 Å². The number of hydrogen-bond acceptors (Lipinski definition) is 5. The van der Waals surface area contributed by atoms with Crippen molar-refractivity contribution in [3.05, 3.63) is 35.9 Å². The van der Waals surface area contributed by atoms with Gasteiger partial charge in [0.05, 0.1) is 6.61 Å². The Balaban J connectivity index is 0.000000400. The van der Waals surface area contributed by atoms with E-state index >= 15 is 0 Å². The van der Waals surface area contributed by atoms with Crippen LogP contribution < -0.4 is 5.73 Å². The van der Waals surface area contributed by atoms with Gasteiger partial charge in [0, 0.05) is 0 Å². The maximum atomic E-state index is 10.4. The molecule has 116 valence electrons. The van der Waals surface area contributed by atoms with Crippen LogP contribution in [0.3, 0.4) is 0 Å². The third-order valence-electron chi connectivity index (χ3n) is 2.31. The van der Waals surface area contributed by atoms with E-state index in [4.69, 9.17) is 10.8 Å². The van der Waals surface area contributed by atoms with Crippen LogP contribution in [0.2, 0.25) is 0 Å². The minimum Gasteiger partial charge on any atom is -0.480 e. The van der Waals surface area contributed by atoms with Crippen LogP contribution in [0.15, 0.2) is 30.3 Å². The number of ketones is 1. The van der Waals surface area contributed by atoms with E-state index in [-0.39, 0.29) is 12.2 Å². The lowest BCUT2D eigenvalue weighted by atomic mass is 10.1. The first-order chi connectivity index (χ1) is 9.86. The molecule has 0 aliphatic rings. The fourth-order valence-electron chi connectivity index (χ4n) is 1.37. The third-order valence-corrected chi connectivity index (χ3v) is 2.31. The Hall–Kier alpha value is -2.21. The number of Topliss-reactive ketones (excluding diaryl/α,β-unsaturated/α-hetero) is 1. The van der Waals surface area contributed by atoms with Crippen LogP contribution in [0.1, 0.15) is 25.8 Å². The number of benzene rings is 1. The Morgan fingerprint density at radius 3 is 2.24 bits per heavy atom. The van der Waals surface area contributed by atoms with Gasteiger partial charge < -0.3 is 15.6 Å². The van der Waals surface area contributed by atoms with Crippen molar-refractivity contribution in [3.63, 3.8) is 0 Å². The predicted molar refractivity (Wildman–Crippen MR) is 77.7 cm³/mol. The van der Waals surface area contributed by atoms with Gasteiger partial charge in [0.2, 0.25) is 0 Å². The lowest BCUT2D eigenvalue weighted by Crippen LogP contribution is -2.32. The van der Waals surface area contributed by atoms with Gasteiger partial charge in [-0.2, -0.15) is 0 Å². The van der Waals surface area contributed by atoms with E-state index in [0.29, 0.717) is 13.0 Å². The fraction of sp³-hybridized carbons (Fsp3) is 0.400. The summed E-state index contributed by atoms with van der Waals surface area (Å²) < 4.78 is 4.49. The first kappa shape index (κ1) is 18.8. The van der Waals surface area contributed by atoms with Gasteiger partial charge in [0.15, 0.2) is 0 Å². The number of ether oxygens (including phenoxy) is 1. The quantitative estimate of drug-likeness (QED) is 0.602. The van der Waals surface area contributed by atoms with Crippen molar-refractivity contribution in [2.75, 3.05) is 6.61 Å². The van der Waals surface area contributed by atoms with Crippen molar-refractivity contribution in [2.24, 2.45) is 5.73 Å². The predicted octanol–water partition coefficient (Wildman–Crippen LogP) is 1.17. The van der Waals surface area contributed by atoms with Gasteiger partial charge >= 0.3 is 11.9 Å². The molecule has 1 aromatic carbocycles. The van der Waals surface area contributed by atoms with Crippen LogP contribution in [0.4, 0.5) is 0 Å². The molecule has 0 unspecified atom stereocenters. The van der Waals surface area contributed by atoms with E-state index in [1.807, 2.05) is 30.3 Å². The monoisotopic (exact) mass is 295 g/mol. The number of carboxylic acids is 1. The summed E-state index contributed by atoms with van der Waals surface area (Å²) in [5, 5.41) is 8.52. The standard InChI is InChI=1S/C9H11NO2.C6H10O3/c10-8(9(11)12)6-7-4-2-1-3-5-7;1-3-9-6(8)4-5(2)7/h1-5,8H,6,10H2,(H,11,12);3-4H2,1-2H3/t8-;/m0./s1. The minimum absolute atomic E-state index is 0.103. The number of carboxylic acid groups (broad SMARTS) is 1. The molecule has 1 aromatic rings. The molecule has 6 nitrogen and oxygen atoms in total. The summed E-state index contributed by atoms with van der Waals surface area (Å²) in [6.07, 6.45) is 0.282. The van der Waals surface area contributed by atoms with Crippen molar-refractivity contribution < 1.29 is 24.2 Å². The molecule has 0 saturated carbocycles. The summed E-state index contributed by atoms with van der Waals surface area (Å²) in [4.78, 5) is 31.0. The molecule has 1 atom stereocenters. The number of carbonyl (C=O) groups is 3. The molecule has 0 saturated heterocycles. The van der Waals surface area contributed by atoms with Crippen LogP contribution in [0, 0.1) is 0 Å². The highest BCUT2D eigenvalue weighted by atomic mass is 16.5. The molecule has 0 radical (unpaired) electrons. The molecule has 0 spiro atoms. The number of hydrogen-bond donors (Lipinski definition) is 2. The first-order valence-corrected chi connectivity index (χ1v) is 6.54. The Morgan fingerprint density at radius 2 is 1.81 bits per heavy atom. The van der Waals surface area contributed by atoms with Crippen LogP contribution in [0.5, 0.6) is 0 Å². The first-order valence-electron chi connectivity index (χ1n) is 6.54. The van der Waals surface area contributed by atoms with Gasteiger partial charge in [-0.3, -0.25) is 14.4 Å². The van der Waals surface area contributed by atoms with Crippen LogP contribution in [0.25, 0.3) is 0 Å². The highest BCUT2D eigenvalue weighted by Gasteiger charge is 2.10. The second kappa shape index (κ2) is 10.6. The number of rotatable bonds is 6. The molecule has 0 aliphatic carbocycles. The molecule has 1 rings (SSSR count). The zero-order chi connectivity index (χ0) is 16.3. The Bertz CT molecular complexity index is 458. The largest absolute Gasteiger partial charge is 0.480 e. The summed E-state index contributed by atoms with van der Waals surface area (Å²) in [5.74, 6) is -1.56. The van der Waals surface area contributed by atoms with Gasteiger partial charge in [-0.1, -0.05) is 30.3 Å². The number of esters is 1. The normalized spacial score (nSPS) is 10.8. The van der Waals surface area contributed by atoms with E-state index in [1.165, 1.54) is 6.92 Å². The molecule has 0 aromatic heterocycles. The Labute approximate surface area is 123 Å². The summed E-state index contributed by atoms with van der Waals surface area (Å²) in [7, 11) is 0. The highest BCUT2D eigenvalue weighted by molar-refractivity contribution is 5.94. The summed E-state index contributed by atoms with van der Waals surface area (Å²) in [5.41, 5.74) is 6.30. The topological polar surface area (TPSA) is 107 Å². The smallest absolute Gasteiger partial charge is 0.320 e. The second-order valence-corrected chi connectivity index (χ2v) is 4.32. The van der Waals surface area contributed by atoms with Crippen LogP contribution in [-0.4, -0.2) is 35.5 Å². The SMILES string of the molecule is CCOC(=O)CC(C)=O.N[C@@H](Cc1ccccc1)C(=O)O. The maximum Gasteiger partial charge on any atom is 0.320 e. The Morgan fingerprint density at radius 1 is 1.24 bits per heavy atom. The van der Waals surface area contributed by atoms with Crippen molar-refractivity contribution in [1.82, 2.24) is 0 Å². The van der Waals surface area contributed by atoms with Crippen molar-refractivity contribution >= 4 is 17.7 Å². The van der Waals surface area contributed by atoms with Crippen molar-refractivity contribution in [1.29, 1.82) is 0 Å². The van der Waals surface area contributed by atoms with Gasteiger partial charge in [0.25, 0.3) is 0 Å². The van der Waals surface area contributed by atoms with Crippen molar-refractivity contribution in [3.8, 4) is 0 Å². The molecule has 6 heteroatoms. The van der Waals surface area contributed by atoms with E-state index in [1.54, 1.807) is 6.92 Å². The maximum absolute atomic E-state index is 10.4. The zero-order valence-electron chi connectivity index (χ0n) is 12.2. The summed E-state index contributed by atoms with van der Waals surface area (Å²) >= 11 is 0. The molecule has 0 amide bonds. The van der Waals surface area contributed by atoms with E-state index in [0.717, 1.165) is 5.56 Å². The molecule has 0 aliphatic heterocycles. The molecular formula is C15H21NO5. The summed E-state index contributed by atoms with van der Waals surface area (Å²) in [6, 6.07) is 8.54. The van der Waals surface area contributed by atoms with Crippen LogP contribution in [-0.2, 0) is 25.5 Å². The van der Waals surface area contributed by atoms with Gasteiger partial charge in [-0.15, -0.1) is 0 Å². The van der Waals surface area contributed by atoms with Crippen LogP contribution >= 0.6 is 0 Å². The molecule has 0 heterocycles. The van der Waals surface area contributed by atoms with Gasteiger partial charge in [0.1, 0.15) is 18.2 Å². The number of aliphatic carboxylic acids is 1. The lowest BCUT2D eigenvalue weighted by Gasteiger charge is -2.04. The molecule has 0 bridgehead atoms. The molecule has 21 heavy (non-hydrogen) atoms. The van der Waals surface area contributed by atoms with E-state index < -0.39 is 18.0 Å². The number of carbonyl (C=O) groups excluding carboxylic acids is 2. The second-order valence-electron chi connectivity index (χ2n) is 4.32. The van der Waals surface area contributed by atoms with Gasteiger partial charge in [-0.25, -0.2) is 0 Å². The van der Waals surface area contributed by atoms with E-state index in [9.17, 15) is 14.4 Å². The van der Waals surface area contributed by atoms with Crippen molar-refractivity contribution in [2.45, 2.75) is 32.7 Å².